The summed E-state index contributed by atoms with van der Waals surface area (Å²) in [5.41, 5.74) is 12.9. The molecular weight excluding hydrogens is 180 g/mol. The number of nitrogen functional groups attached to an aromatic ring is 1. The second-order valence-corrected chi connectivity index (χ2v) is 3.40. The van der Waals surface area contributed by atoms with Gasteiger partial charge in [0.1, 0.15) is 0 Å². The van der Waals surface area contributed by atoms with Gasteiger partial charge in [-0.05, 0) is 37.1 Å². The molecule has 4 heteroatoms. The lowest BCUT2D eigenvalue weighted by atomic mass is 10.0. The van der Waals surface area contributed by atoms with Crippen LogP contribution < -0.4 is 11.5 Å². The normalized spacial score (nSPS) is 12.4. The highest BCUT2D eigenvalue weighted by Crippen LogP contribution is 2.15. The Morgan fingerprint density at radius 1 is 1.57 bits per heavy atom. The van der Waals surface area contributed by atoms with Crippen molar-refractivity contribution in [1.82, 2.24) is 0 Å². The van der Waals surface area contributed by atoms with Crippen molar-refractivity contribution in [3.63, 3.8) is 0 Å². The van der Waals surface area contributed by atoms with Gasteiger partial charge in [-0.3, -0.25) is 0 Å². The van der Waals surface area contributed by atoms with Crippen LogP contribution in [0, 0.1) is 0 Å². The first-order valence-electron chi connectivity index (χ1n) is 4.38. The first-order valence-corrected chi connectivity index (χ1v) is 4.38. The molecule has 1 aromatic carbocycles. The minimum atomic E-state index is -0.948. The summed E-state index contributed by atoms with van der Waals surface area (Å²) in [5, 5.41) is 8.76. The Labute approximate surface area is 82.5 Å². The van der Waals surface area contributed by atoms with E-state index < -0.39 is 5.97 Å². The van der Waals surface area contributed by atoms with Gasteiger partial charge in [-0.25, -0.2) is 4.79 Å². The van der Waals surface area contributed by atoms with E-state index in [0.717, 1.165) is 5.56 Å². The van der Waals surface area contributed by atoms with E-state index in [-0.39, 0.29) is 11.6 Å². The monoisotopic (exact) mass is 194 g/mol. The van der Waals surface area contributed by atoms with Crippen molar-refractivity contribution in [3.8, 4) is 0 Å². The quantitative estimate of drug-likeness (QED) is 0.622. The Hall–Kier alpha value is -1.55. The molecule has 76 valence electrons. The van der Waals surface area contributed by atoms with Crippen molar-refractivity contribution in [2.24, 2.45) is 5.73 Å². The molecule has 0 aliphatic rings. The van der Waals surface area contributed by atoms with Gasteiger partial charge in [0.15, 0.2) is 0 Å². The molecule has 14 heavy (non-hydrogen) atoms. The smallest absolute Gasteiger partial charge is 0.335 e. The molecule has 4 nitrogen and oxygen atoms in total. The van der Waals surface area contributed by atoms with Gasteiger partial charge in [-0.2, -0.15) is 0 Å². The maximum Gasteiger partial charge on any atom is 0.335 e. The highest BCUT2D eigenvalue weighted by Gasteiger charge is 2.07. The number of carboxylic acids is 1. The lowest BCUT2D eigenvalue weighted by Crippen LogP contribution is -2.18. The minimum Gasteiger partial charge on any atom is -0.478 e. The molecule has 0 saturated heterocycles. The summed E-state index contributed by atoms with van der Waals surface area (Å²) < 4.78 is 0. The molecule has 0 aliphatic heterocycles. The molecule has 1 unspecified atom stereocenters. The van der Waals surface area contributed by atoms with Crippen LogP contribution >= 0.6 is 0 Å². The molecule has 1 atom stereocenters. The highest BCUT2D eigenvalue weighted by molar-refractivity contribution is 5.88. The Balaban J connectivity index is 3.02. The molecule has 0 aromatic heterocycles. The van der Waals surface area contributed by atoms with Crippen LogP contribution in [0.5, 0.6) is 0 Å². The van der Waals surface area contributed by atoms with Gasteiger partial charge in [-0.1, -0.05) is 0 Å². The average Bonchev–Trinajstić information content (AvgIpc) is 2.07. The van der Waals surface area contributed by atoms with Crippen LogP contribution in [0.15, 0.2) is 18.2 Å². The zero-order chi connectivity index (χ0) is 10.7. The Morgan fingerprint density at radius 3 is 2.71 bits per heavy atom. The van der Waals surface area contributed by atoms with Crippen molar-refractivity contribution in [2.75, 3.05) is 5.73 Å². The number of carboxylic acid groups (broad SMARTS) is 1. The first kappa shape index (κ1) is 10.5. The van der Waals surface area contributed by atoms with E-state index in [0.29, 0.717) is 12.1 Å². The topological polar surface area (TPSA) is 89.3 Å². The van der Waals surface area contributed by atoms with Gasteiger partial charge in [-0.15, -0.1) is 0 Å². The zero-order valence-corrected chi connectivity index (χ0v) is 8.03. The Kier molecular flexibility index (Phi) is 3.09. The second kappa shape index (κ2) is 4.11. The maximum absolute atomic E-state index is 10.7. The van der Waals surface area contributed by atoms with Crippen LogP contribution in [0.2, 0.25) is 0 Å². The van der Waals surface area contributed by atoms with Crippen LogP contribution in [0.25, 0.3) is 0 Å². The van der Waals surface area contributed by atoms with Gasteiger partial charge in [0.2, 0.25) is 0 Å². The van der Waals surface area contributed by atoms with E-state index in [1.807, 2.05) is 6.92 Å². The molecule has 0 radical (unpaired) electrons. The van der Waals surface area contributed by atoms with E-state index in [9.17, 15) is 4.79 Å². The number of aromatic carboxylic acids is 1. The van der Waals surface area contributed by atoms with E-state index in [1.54, 1.807) is 12.1 Å². The van der Waals surface area contributed by atoms with Crippen molar-refractivity contribution in [3.05, 3.63) is 29.3 Å². The number of hydrogen-bond donors (Lipinski definition) is 3. The number of benzene rings is 1. The lowest BCUT2D eigenvalue weighted by molar-refractivity contribution is 0.0697. The Morgan fingerprint density at radius 2 is 2.21 bits per heavy atom. The molecule has 0 heterocycles. The molecule has 1 aromatic rings. The molecular formula is C10H14N2O2. The molecule has 0 fully saturated rings. The predicted molar refractivity (Wildman–Crippen MR) is 55.2 cm³/mol. The van der Waals surface area contributed by atoms with Gasteiger partial charge in [0.05, 0.1) is 5.56 Å². The van der Waals surface area contributed by atoms with Gasteiger partial charge >= 0.3 is 5.97 Å². The fraction of sp³-hybridized carbons (Fsp3) is 0.300. The summed E-state index contributed by atoms with van der Waals surface area (Å²) in [4.78, 5) is 10.7. The molecule has 0 amide bonds. The third-order valence-electron chi connectivity index (χ3n) is 1.93. The molecule has 0 spiro atoms. The highest BCUT2D eigenvalue weighted by atomic mass is 16.4. The van der Waals surface area contributed by atoms with Crippen LogP contribution in [0.4, 0.5) is 5.69 Å². The third kappa shape index (κ3) is 2.47. The summed E-state index contributed by atoms with van der Waals surface area (Å²) in [6, 6.07) is 4.63. The van der Waals surface area contributed by atoms with E-state index in [4.69, 9.17) is 16.6 Å². The number of carbonyl (C=O) groups is 1. The summed E-state index contributed by atoms with van der Waals surface area (Å²) in [6.45, 7) is 1.85. The largest absolute Gasteiger partial charge is 0.478 e. The van der Waals surface area contributed by atoms with Crippen molar-refractivity contribution in [1.29, 1.82) is 0 Å². The zero-order valence-electron chi connectivity index (χ0n) is 8.03. The van der Waals surface area contributed by atoms with Crippen LogP contribution in [-0.4, -0.2) is 17.1 Å². The van der Waals surface area contributed by atoms with Crippen LogP contribution in [0.1, 0.15) is 22.8 Å². The molecule has 0 aliphatic carbocycles. The van der Waals surface area contributed by atoms with E-state index in [2.05, 4.69) is 0 Å². The van der Waals surface area contributed by atoms with Crippen molar-refractivity contribution >= 4 is 11.7 Å². The number of nitrogens with two attached hydrogens (primary N) is 2. The predicted octanol–water partition coefficient (Wildman–Crippen LogP) is 0.857. The lowest BCUT2D eigenvalue weighted by Gasteiger charge is -2.09. The van der Waals surface area contributed by atoms with E-state index in [1.165, 1.54) is 6.07 Å². The molecule has 0 bridgehead atoms. The van der Waals surface area contributed by atoms with Crippen LogP contribution in [-0.2, 0) is 6.42 Å². The number of hydrogen-bond acceptors (Lipinski definition) is 3. The number of anilines is 1. The maximum atomic E-state index is 10.7. The first-order chi connectivity index (χ1) is 6.50. The average molecular weight is 194 g/mol. The SMILES string of the molecule is CC(N)Cc1cc(C(=O)O)ccc1N. The summed E-state index contributed by atoms with van der Waals surface area (Å²) in [7, 11) is 0. The fourth-order valence-electron chi connectivity index (χ4n) is 1.26. The summed E-state index contributed by atoms with van der Waals surface area (Å²) in [5.74, 6) is -0.948. The third-order valence-corrected chi connectivity index (χ3v) is 1.93. The molecule has 0 saturated carbocycles. The minimum absolute atomic E-state index is 0.0265. The molecule has 5 N–H and O–H groups in total. The number of rotatable bonds is 3. The van der Waals surface area contributed by atoms with Gasteiger partial charge in [0, 0.05) is 11.7 Å². The Bertz CT molecular complexity index is 348. The van der Waals surface area contributed by atoms with Crippen molar-refractivity contribution in [2.45, 2.75) is 19.4 Å². The fourth-order valence-corrected chi connectivity index (χ4v) is 1.26. The second-order valence-electron chi connectivity index (χ2n) is 3.40. The van der Waals surface area contributed by atoms with Crippen LogP contribution in [0.3, 0.4) is 0 Å². The molecule has 1 rings (SSSR count). The summed E-state index contributed by atoms with van der Waals surface area (Å²) in [6.07, 6.45) is 0.590. The van der Waals surface area contributed by atoms with Gasteiger partial charge < -0.3 is 16.6 Å². The summed E-state index contributed by atoms with van der Waals surface area (Å²) >= 11 is 0. The van der Waals surface area contributed by atoms with Gasteiger partial charge in [0.25, 0.3) is 0 Å². The van der Waals surface area contributed by atoms with Crippen molar-refractivity contribution < 1.29 is 9.90 Å². The standard InChI is InChI=1S/C10H14N2O2/c1-6(11)4-8-5-7(10(13)14)2-3-9(8)12/h2-3,5-6H,4,11-12H2,1H3,(H,13,14). The van der Waals surface area contributed by atoms with E-state index >= 15 is 0 Å².